The van der Waals surface area contributed by atoms with Gasteiger partial charge in [0.15, 0.2) is 5.69 Å². The van der Waals surface area contributed by atoms with Crippen LogP contribution in [0.1, 0.15) is 29.4 Å². The normalized spacial score (nSPS) is 11.0. The largest absolute Gasteiger partial charge is 0.351 e. The quantitative estimate of drug-likeness (QED) is 0.574. The predicted molar refractivity (Wildman–Crippen MR) is 105 cm³/mol. The van der Waals surface area contributed by atoms with Crippen LogP contribution in [0.5, 0.6) is 0 Å². The van der Waals surface area contributed by atoms with E-state index in [1.165, 1.54) is 0 Å². The molecule has 1 N–H and O–H groups in total. The number of hydrogen-bond donors (Lipinski definition) is 1. The maximum atomic E-state index is 12.5. The summed E-state index contributed by atoms with van der Waals surface area (Å²) in [6, 6.07) is 11.8. The van der Waals surface area contributed by atoms with Gasteiger partial charge in [0.05, 0.1) is 5.52 Å². The Morgan fingerprint density at radius 2 is 2.07 bits per heavy atom. The third-order valence-electron chi connectivity index (χ3n) is 4.40. The van der Waals surface area contributed by atoms with Crippen molar-refractivity contribution in [3.63, 3.8) is 0 Å². The Balaban J connectivity index is 1.69. The lowest BCUT2D eigenvalue weighted by atomic mass is 10.3. The molecule has 4 heterocycles. The van der Waals surface area contributed by atoms with Crippen LogP contribution in [-0.4, -0.2) is 31.4 Å². The molecule has 6 nitrogen and oxygen atoms in total. The van der Waals surface area contributed by atoms with Gasteiger partial charge in [0.2, 0.25) is 0 Å². The second-order valence-corrected chi connectivity index (χ2v) is 6.43. The zero-order chi connectivity index (χ0) is 18.6. The highest BCUT2D eigenvalue weighted by atomic mass is 16.1. The van der Waals surface area contributed by atoms with E-state index in [0.29, 0.717) is 12.2 Å². The number of fused-ring (bicyclic) bond motifs is 1. The highest BCUT2D eigenvalue weighted by Crippen LogP contribution is 2.23. The topological polar surface area (TPSA) is 64.2 Å². The first-order valence-electron chi connectivity index (χ1n) is 9.06. The molecule has 4 rings (SSSR count). The van der Waals surface area contributed by atoms with Gasteiger partial charge in [-0.3, -0.25) is 14.2 Å². The summed E-state index contributed by atoms with van der Waals surface area (Å²) in [6.07, 6.45) is 10.5. The number of pyridine rings is 2. The van der Waals surface area contributed by atoms with Crippen LogP contribution in [0, 0.1) is 0 Å². The van der Waals surface area contributed by atoms with Crippen molar-refractivity contribution < 1.29 is 4.79 Å². The summed E-state index contributed by atoms with van der Waals surface area (Å²) < 4.78 is 4.05. The van der Waals surface area contributed by atoms with Crippen LogP contribution >= 0.6 is 0 Å². The van der Waals surface area contributed by atoms with Gasteiger partial charge in [-0.1, -0.05) is 19.1 Å². The standard InChI is InChI=1S/C21H21N5O/c1-2-9-23-21(27)19-18-7-3-4-11-26(18)20(24-19)17-8-12-25(15-17)14-16-6-5-10-22-13-16/h3-8,10-13,15H,2,9,14H2,1H3,(H,23,27). The average molecular weight is 359 g/mol. The molecule has 6 heteroatoms. The second-order valence-electron chi connectivity index (χ2n) is 6.43. The second kappa shape index (κ2) is 7.45. The van der Waals surface area contributed by atoms with E-state index in [0.717, 1.165) is 35.4 Å². The molecule has 0 bridgehead atoms. The third kappa shape index (κ3) is 3.46. The Labute approximate surface area is 157 Å². The van der Waals surface area contributed by atoms with Gasteiger partial charge < -0.3 is 9.88 Å². The van der Waals surface area contributed by atoms with Crippen LogP contribution in [-0.2, 0) is 6.54 Å². The van der Waals surface area contributed by atoms with Gasteiger partial charge in [-0.2, -0.15) is 0 Å². The van der Waals surface area contributed by atoms with Crippen LogP contribution in [0.25, 0.3) is 16.9 Å². The van der Waals surface area contributed by atoms with E-state index in [9.17, 15) is 4.79 Å². The lowest BCUT2D eigenvalue weighted by Gasteiger charge is -2.02. The van der Waals surface area contributed by atoms with Gasteiger partial charge in [-0.15, -0.1) is 0 Å². The lowest BCUT2D eigenvalue weighted by molar-refractivity contribution is 0.0951. The molecule has 0 spiro atoms. The number of imidazole rings is 1. The zero-order valence-electron chi connectivity index (χ0n) is 15.2. The minimum Gasteiger partial charge on any atom is -0.351 e. The van der Waals surface area contributed by atoms with E-state index in [4.69, 9.17) is 0 Å². The van der Waals surface area contributed by atoms with Crippen molar-refractivity contribution in [1.82, 2.24) is 24.3 Å². The molecule has 0 aromatic carbocycles. The van der Waals surface area contributed by atoms with Crippen molar-refractivity contribution in [3.8, 4) is 11.4 Å². The Morgan fingerprint density at radius 1 is 1.15 bits per heavy atom. The van der Waals surface area contributed by atoms with Gasteiger partial charge in [-0.05, 0) is 36.2 Å². The minimum absolute atomic E-state index is 0.137. The maximum absolute atomic E-state index is 12.5. The van der Waals surface area contributed by atoms with Gasteiger partial charge >= 0.3 is 0 Å². The fourth-order valence-corrected chi connectivity index (χ4v) is 3.10. The van der Waals surface area contributed by atoms with E-state index in [-0.39, 0.29) is 5.91 Å². The first-order chi connectivity index (χ1) is 13.3. The molecule has 0 aliphatic heterocycles. The molecular formula is C21H21N5O. The van der Waals surface area contributed by atoms with Crippen molar-refractivity contribution in [3.05, 3.63) is 78.6 Å². The summed E-state index contributed by atoms with van der Waals surface area (Å²) in [5, 5.41) is 2.92. The molecule has 0 atom stereocenters. The molecule has 0 saturated heterocycles. The Bertz CT molecular complexity index is 1060. The molecule has 0 radical (unpaired) electrons. The van der Waals surface area contributed by atoms with Crippen molar-refractivity contribution in [1.29, 1.82) is 0 Å². The highest BCUT2D eigenvalue weighted by molar-refractivity contribution is 6.00. The number of aromatic nitrogens is 4. The summed E-state index contributed by atoms with van der Waals surface area (Å²) in [4.78, 5) is 21.3. The van der Waals surface area contributed by atoms with Gasteiger partial charge in [-0.25, -0.2) is 4.98 Å². The fourth-order valence-electron chi connectivity index (χ4n) is 3.10. The first-order valence-corrected chi connectivity index (χ1v) is 9.06. The number of amides is 1. The zero-order valence-corrected chi connectivity index (χ0v) is 15.2. The van der Waals surface area contributed by atoms with E-state index in [1.54, 1.807) is 6.20 Å². The summed E-state index contributed by atoms with van der Waals surface area (Å²) in [6.45, 7) is 3.41. The molecule has 4 aromatic heterocycles. The monoisotopic (exact) mass is 359 g/mol. The van der Waals surface area contributed by atoms with Crippen molar-refractivity contribution in [2.24, 2.45) is 0 Å². The van der Waals surface area contributed by atoms with Crippen LogP contribution < -0.4 is 5.32 Å². The molecule has 0 aliphatic rings. The van der Waals surface area contributed by atoms with E-state index in [1.807, 2.05) is 72.5 Å². The van der Waals surface area contributed by atoms with E-state index >= 15 is 0 Å². The predicted octanol–water partition coefficient (Wildman–Crippen LogP) is 3.39. The van der Waals surface area contributed by atoms with Crippen molar-refractivity contribution >= 4 is 11.4 Å². The summed E-state index contributed by atoms with van der Waals surface area (Å²) in [7, 11) is 0. The Morgan fingerprint density at radius 3 is 2.89 bits per heavy atom. The highest BCUT2D eigenvalue weighted by Gasteiger charge is 2.18. The van der Waals surface area contributed by atoms with Crippen LogP contribution in [0.3, 0.4) is 0 Å². The molecule has 136 valence electrons. The molecular weight excluding hydrogens is 338 g/mol. The van der Waals surface area contributed by atoms with Gasteiger partial charge in [0, 0.05) is 49.6 Å². The van der Waals surface area contributed by atoms with Gasteiger partial charge in [0.25, 0.3) is 5.91 Å². The van der Waals surface area contributed by atoms with Crippen LogP contribution in [0.4, 0.5) is 0 Å². The third-order valence-corrected chi connectivity index (χ3v) is 4.40. The number of carbonyl (C=O) groups excluding carboxylic acids is 1. The molecule has 1 amide bonds. The fraction of sp³-hybridized carbons (Fsp3) is 0.190. The van der Waals surface area contributed by atoms with E-state index < -0.39 is 0 Å². The minimum atomic E-state index is -0.137. The Kier molecular flexibility index (Phi) is 4.70. The Hall–Kier alpha value is -3.41. The summed E-state index contributed by atoms with van der Waals surface area (Å²) >= 11 is 0. The number of hydrogen-bond acceptors (Lipinski definition) is 3. The van der Waals surface area contributed by atoms with Crippen molar-refractivity contribution in [2.75, 3.05) is 6.54 Å². The number of nitrogens with one attached hydrogen (secondary N) is 1. The maximum Gasteiger partial charge on any atom is 0.272 e. The smallest absolute Gasteiger partial charge is 0.272 e. The van der Waals surface area contributed by atoms with Gasteiger partial charge in [0.1, 0.15) is 5.82 Å². The lowest BCUT2D eigenvalue weighted by Crippen LogP contribution is -2.24. The first kappa shape index (κ1) is 17.0. The van der Waals surface area contributed by atoms with Crippen LogP contribution in [0.2, 0.25) is 0 Å². The SMILES string of the molecule is CCCNC(=O)c1nc(-c2ccn(Cc3cccnc3)c2)n2ccccc12. The molecule has 27 heavy (non-hydrogen) atoms. The van der Waals surface area contributed by atoms with Crippen molar-refractivity contribution in [2.45, 2.75) is 19.9 Å². The number of rotatable bonds is 6. The van der Waals surface area contributed by atoms with Crippen LogP contribution in [0.15, 0.2) is 67.4 Å². The van der Waals surface area contributed by atoms with E-state index in [2.05, 4.69) is 19.9 Å². The molecule has 0 fully saturated rings. The molecule has 0 unspecified atom stereocenters. The molecule has 0 saturated carbocycles. The molecule has 4 aromatic rings. The summed E-state index contributed by atoms with van der Waals surface area (Å²) in [5.41, 5.74) is 3.36. The average Bonchev–Trinajstić information content (AvgIpc) is 3.31. The molecule has 0 aliphatic carbocycles. The summed E-state index contributed by atoms with van der Waals surface area (Å²) in [5.74, 6) is 0.624. The number of nitrogens with zero attached hydrogens (tertiary/aromatic N) is 4. The number of carbonyl (C=O) groups is 1.